The third-order valence-corrected chi connectivity index (χ3v) is 6.86. The van der Waals surface area contributed by atoms with Crippen molar-refractivity contribution >= 4 is 30.0 Å². The van der Waals surface area contributed by atoms with E-state index in [-0.39, 0.29) is 11.3 Å². The van der Waals surface area contributed by atoms with Crippen LogP contribution in [0.1, 0.15) is 26.7 Å². The Morgan fingerprint density at radius 2 is 2.15 bits per heavy atom. The number of hydrogen-bond acceptors (Lipinski definition) is 6. The van der Waals surface area contributed by atoms with Crippen molar-refractivity contribution in [3.63, 3.8) is 0 Å². The highest BCUT2D eigenvalue weighted by molar-refractivity contribution is 8.01. The summed E-state index contributed by atoms with van der Waals surface area (Å²) < 4.78 is 5.01. The van der Waals surface area contributed by atoms with Crippen molar-refractivity contribution in [2.45, 2.75) is 48.9 Å². The van der Waals surface area contributed by atoms with Crippen molar-refractivity contribution < 1.29 is 19.4 Å². The quantitative estimate of drug-likeness (QED) is 0.280. The fraction of sp³-hybridized carbons (Fsp3) is 0.824. The van der Waals surface area contributed by atoms with E-state index in [0.29, 0.717) is 19.1 Å². The van der Waals surface area contributed by atoms with Gasteiger partial charge in [-0.05, 0) is 32.6 Å². The molecule has 8 nitrogen and oxygen atoms in total. The Hall–Kier alpha value is -1.32. The van der Waals surface area contributed by atoms with E-state index in [9.17, 15) is 14.7 Å². The molecule has 0 aromatic carbocycles. The number of nitrogens with zero attached hydrogens (tertiary/aromatic N) is 3. The highest BCUT2D eigenvalue weighted by Crippen LogP contribution is 2.51. The van der Waals surface area contributed by atoms with Gasteiger partial charge >= 0.3 is 5.97 Å². The van der Waals surface area contributed by atoms with Gasteiger partial charge in [0.05, 0.1) is 12.9 Å². The predicted molar refractivity (Wildman–Crippen MR) is 100 cm³/mol. The average Bonchev–Trinajstić information content (AvgIpc) is 2.85. The van der Waals surface area contributed by atoms with Crippen LogP contribution in [0.3, 0.4) is 0 Å². The van der Waals surface area contributed by atoms with Crippen molar-refractivity contribution in [2.75, 3.05) is 32.8 Å². The Kier molecular flexibility index (Phi) is 5.78. The van der Waals surface area contributed by atoms with E-state index in [2.05, 4.69) is 9.89 Å². The number of rotatable bonds is 7. The second-order valence-electron chi connectivity index (χ2n) is 7.65. The molecule has 0 aromatic rings. The summed E-state index contributed by atoms with van der Waals surface area (Å²) in [5.41, 5.74) is 5.43. The van der Waals surface area contributed by atoms with Crippen LogP contribution in [0.5, 0.6) is 0 Å². The molecular formula is C17H28N4O4S. The van der Waals surface area contributed by atoms with E-state index in [1.165, 1.54) is 16.7 Å². The van der Waals surface area contributed by atoms with E-state index in [4.69, 9.17) is 10.5 Å². The lowest BCUT2D eigenvalue weighted by molar-refractivity contribution is -0.158. The summed E-state index contributed by atoms with van der Waals surface area (Å²) in [4.78, 5) is 32.0. The lowest BCUT2D eigenvalue weighted by Gasteiger charge is -2.41. The van der Waals surface area contributed by atoms with Gasteiger partial charge in [0.25, 0.3) is 5.91 Å². The molecule has 26 heavy (non-hydrogen) atoms. The maximum Gasteiger partial charge on any atom is 0.327 e. The van der Waals surface area contributed by atoms with E-state index in [1.807, 2.05) is 13.8 Å². The van der Waals surface area contributed by atoms with Crippen LogP contribution in [-0.4, -0.2) is 88.2 Å². The molecule has 3 heterocycles. The van der Waals surface area contributed by atoms with Crippen molar-refractivity contribution in [2.24, 2.45) is 16.6 Å². The van der Waals surface area contributed by atoms with Gasteiger partial charge in [-0.1, -0.05) is 0 Å². The summed E-state index contributed by atoms with van der Waals surface area (Å²) in [7, 11) is 0. The Morgan fingerprint density at radius 3 is 2.77 bits per heavy atom. The number of nitrogens with two attached hydrogens (primary N) is 1. The number of carboxylic acid groups (broad SMARTS) is 1. The molecule has 3 fully saturated rings. The number of thioether (sulfide) groups is 1. The summed E-state index contributed by atoms with van der Waals surface area (Å²) in [5, 5.41) is 9.27. The Morgan fingerprint density at radius 1 is 1.46 bits per heavy atom. The summed E-state index contributed by atoms with van der Waals surface area (Å²) >= 11 is 1.53. The van der Waals surface area contributed by atoms with Gasteiger partial charge in [0, 0.05) is 31.0 Å². The number of ether oxygens (including phenoxy) is 1. The predicted octanol–water partition coefficient (Wildman–Crippen LogP) is 0.218. The lowest BCUT2D eigenvalue weighted by Crippen LogP contribution is -2.65. The van der Waals surface area contributed by atoms with Crippen LogP contribution in [0.4, 0.5) is 0 Å². The third-order valence-electron chi connectivity index (χ3n) is 5.30. The number of amides is 1. The number of hydrogen-bond donors (Lipinski definition) is 2. The Bertz CT molecular complexity index is 577. The Labute approximate surface area is 158 Å². The maximum atomic E-state index is 12.4. The minimum atomic E-state index is -0.945. The number of likely N-dealkylation sites (tertiary alicyclic amines) is 1. The average molecular weight is 385 g/mol. The summed E-state index contributed by atoms with van der Waals surface area (Å²) in [5.74, 6) is -0.573. The van der Waals surface area contributed by atoms with Crippen LogP contribution in [-0.2, 0) is 14.3 Å². The zero-order valence-electron chi connectivity index (χ0n) is 15.3. The molecule has 0 aromatic heterocycles. The molecule has 3 aliphatic rings. The standard InChI is InChI=1S/C17H28N4O4S/c1-17(2)13(16(23)24)21-14(22)12(15(21)26-17)19-10-20-6-3-11(4-7-20)9-25-8-5-18/h10-13,15H,3-9,18H2,1-2H3,(H,23,24)/t12-,13+,15-/m1/s1. The number of carbonyl (C=O) groups is 2. The highest BCUT2D eigenvalue weighted by atomic mass is 32.2. The van der Waals surface area contributed by atoms with Gasteiger partial charge in [-0.3, -0.25) is 9.79 Å². The second-order valence-corrected chi connectivity index (χ2v) is 9.42. The minimum absolute atomic E-state index is 0.169. The molecule has 0 saturated carbocycles. The lowest BCUT2D eigenvalue weighted by atomic mass is 9.96. The molecule has 9 heteroatoms. The van der Waals surface area contributed by atoms with Gasteiger partial charge in [-0.25, -0.2) is 4.79 Å². The molecule has 0 spiro atoms. The fourth-order valence-corrected chi connectivity index (χ4v) is 5.48. The first-order chi connectivity index (χ1) is 12.3. The van der Waals surface area contributed by atoms with Crippen LogP contribution in [0, 0.1) is 5.92 Å². The van der Waals surface area contributed by atoms with Crippen LogP contribution < -0.4 is 5.73 Å². The maximum absolute atomic E-state index is 12.4. The van der Waals surface area contributed by atoms with E-state index < -0.39 is 22.8 Å². The fourth-order valence-electron chi connectivity index (χ4n) is 3.86. The van der Waals surface area contributed by atoms with Gasteiger partial charge < -0.3 is 25.4 Å². The van der Waals surface area contributed by atoms with Crippen molar-refractivity contribution in [3.05, 3.63) is 0 Å². The van der Waals surface area contributed by atoms with Crippen molar-refractivity contribution in [3.8, 4) is 0 Å². The molecule has 3 atom stereocenters. The van der Waals surface area contributed by atoms with Crippen LogP contribution in [0.15, 0.2) is 4.99 Å². The molecule has 3 aliphatic heterocycles. The molecule has 146 valence electrons. The summed E-state index contributed by atoms with van der Waals surface area (Å²) in [6, 6.07) is -1.24. The number of aliphatic carboxylic acids is 1. The molecule has 3 N–H and O–H groups in total. The van der Waals surface area contributed by atoms with Gasteiger partial charge in [0.15, 0.2) is 6.04 Å². The van der Waals surface area contributed by atoms with E-state index in [1.54, 1.807) is 6.34 Å². The molecule has 1 amide bonds. The first kappa shape index (κ1) is 19.4. The van der Waals surface area contributed by atoms with Crippen LogP contribution in [0.2, 0.25) is 0 Å². The van der Waals surface area contributed by atoms with Gasteiger partial charge in [0.1, 0.15) is 11.4 Å². The van der Waals surface area contributed by atoms with Crippen LogP contribution in [0.25, 0.3) is 0 Å². The molecule has 3 saturated heterocycles. The normalized spacial score (nSPS) is 31.3. The van der Waals surface area contributed by atoms with Gasteiger partial charge in [-0.15, -0.1) is 11.8 Å². The molecule has 0 aliphatic carbocycles. The first-order valence-electron chi connectivity index (χ1n) is 9.13. The number of aliphatic imine (C=N–C) groups is 1. The van der Waals surface area contributed by atoms with Gasteiger partial charge in [0.2, 0.25) is 0 Å². The van der Waals surface area contributed by atoms with Crippen molar-refractivity contribution in [1.82, 2.24) is 9.80 Å². The van der Waals surface area contributed by atoms with Gasteiger partial charge in [-0.2, -0.15) is 0 Å². The molecular weight excluding hydrogens is 356 g/mol. The van der Waals surface area contributed by atoms with Crippen LogP contribution >= 0.6 is 11.8 Å². The SMILES string of the molecule is CC1(C)S[C@@H]2[C@H](N=CN3CCC(COCCN)CC3)C(=O)N2[C@H]1C(=O)O. The third kappa shape index (κ3) is 3.70. The Balaban J connectivity index is 1.50. The molecule has 0 radical (unpaired) electrons. The number of carbonyl (C=O) groups excluding carboxylic acids is 1. The number of piperidine rings is 1. The van der Waals surface area contributed by atoms with E-state index >= 15 is 0 Å². The number of fused-ring (bicyclic) bond motifs is 1. The first-order valence-corrected chi connectivity index (χ1v) is 10.0. The molecule has 0 unspecified atom stereocenters. The topological polar surface area (TPSA) is 108 Å². The molecule has 0 bridgehead atoms. The number of β-lactam (4-membered cyclic amide) rings is 1. The number of carboxylic acids is 1. The van der Waals surface area contributed by atoms with E-state index in [0.717, 1.165) is 32.5 Å². The largest absolute Gasteiger partial charge is 0.480 e. The second kappa shape index (κ2) is 7.74. The zero-order chi connectivity index (χ0) is 18.9. The monoisotopic (exact) mass is 384 g/mol. The minimum Gasteiger partial charge on any atom is -0.480 e. The smallest absolute Gasteiger partial charge is 0.327 e. The summed E-state index contributed by atoms with van der Waals surface area (Å²) in [6.45, 7) is 7.45. The summed E-state index contributed by atoms with van der Waals surface area (Å²) in [6.07, 6.45) is 3.85. The molecule has 3 rings (SSSR count). The highest BCUT2D eigenvalue weighted by Gasteiger charge is 2.63. The van der Waals surface area contributed by atoms with Crippen molar-refractivity contribution in [1.29, 1.82) is 0 Å². The zero-order valence-corrected chi connectivity index (χ0v) is 16.2.